The van der Waals surface area contributed by atoms with Crippen molar-refractivity contribution < 1.29 is 18.3 Å². The van der Waals surface area contributed by atoms with Crippen LogP contribution in [0.4, 0.5) is 8.78 Å². The topological polar surface area (TPSA) is 44.5 Å². The summed E-state index contributed by atoms with van der Waals surface area (Å²) < 4.78 is 36.6. The first-order chi connectivity index (χ1) is 9.62. The van der Waals surface area contributed by atoms with E-state index in [9.17, 15) is 8.78 Å². The van der Waals surface area contributed by atoms with Crippen LogP contribution in [0.25, 0.3) is 0 Å². The maximum absolute atomic E-state index is 13.1. The van der Waals surface area contributed by atoms with Crippen molar-refractivity contribution in [3.63, 3.8) is 0 Å². The normalized spacial score (nSPS) is 10.4. The molecular formula is C15H15F2NO2. The number of methoxy groups -OCH3 is 1. The lowest BCUT2D eigenvalue weighted by Crippen LogP contribution is -2.01. The number of ether oxygens (including phenoxy) is 2. The van der Waals surface area contributed by atoms with E-state index in [1.807, 2.05) is 6.07 Å². The molecule has 2 aromatic rings. The number of hydrogen-bond donors (Lipinski definition) is 1. The molecule has 0 aromatic heterocycles. The minimum Gasteiger partial charge on any atom is -0.497 e. The number of nitrogens with two attached hydrogens (primary N) is 1. The molecule has 0 bridgehead atoms. The van der Waals surface area contributed by atoms with Crippen LogP contribution in [0.1, 0.15) is 11.1 Å². The van der Waals surface area contributed by atoms with E-state index in [0.717, 1.165) is 17.7 Å². The van der Waals surface area contributed by atoms with Crippen molar-refractivity contribution in [1.82, 2.24) is 0 Å². The van der Waals surface area contributed by atoms with E-state index < -0.39 is 11.6 Å². The summed E-state index contributed by atoms with van der Waals surface area (Å²) in [5, 5.41) is 0. The first kappa shape index (κ1) is 14.3. The van der Waals surface area contributed by atoms with Crippen molar-refractivity contribution >= 4 is 0 Å². The standard InChI is InChI=1S/C15H15F2NO2/c1-19-12-4-11(8-18)5-13(7-12)20-9-10-2-3-14(16)15(17)6-10/h2-7H,8-9,18H2,1H3. The predicted octanol–water partition coefficient (Wildman–Crippen LogP) is 3.01. The Morgan fingerprint density at radius 1 is 0.950 bits per heavy atom. The van der Waals surface area contributed by atoms with Crippen LogP contribution in [0.15, 0.2) is 36.4 Å². The highest BCUT2D eigenvalue weighted by atomic mass is 19.2. The fraction of sp³-hybridized carbons (Fsp3) is 0.200. The van der Waals surface area contributed by atoms with E-state index in [-0.39, 0.29) is 6.61 Å². The van der Waals surface area contributed by atoms with Gasteiger partial charge >= 0.3 is 0 Å². The van der Waals surface area contributed by atoms with Gasteiger partial charge in [-0.05, 0) is 35.4 Å². The molecule has 2 rings (SSSR count). The molecule has 0 saturated heterocycles. The number of benzene rings is 2. The second kappa shape index (κ2) is 6.34. The highest BCUT2D eigenvalue weighted by Crippen LogP contribution is 2.23. The van der Waals surface area contributed by atoms with Crippen LogP contribution in [0.2, 0.25) is 0 Å². The van der Waals surface area contributed by atoms with Gasteiger partial charge in [-0.1, -0.05) is 6.07 Å². The fourth-order valence-electron chi connectivity index (χ4n) is 1.75. The molecule has 0 unspecified atom stereocenters. The molecule has 0 spiro atoms. The average molecular weight is 279 g/mol. The van der Waals surface area contributed by atoms with Crippen molar-refractivity contribution in [2.45, 2.75) is 13.2 Å². The summed E-state index contributed by atoms with van der Waals surface area (Å²) >= 11 is 0. The van der Waals surface area contributed by atoms with Gasteiger partial charge in [-0.15, -0.1) is 0 Å². The molecular weight excluding hydrogens is 264 g/mol. The summed E-state index contributed by atoms with van der Waals surface area (Å²) in [5.74, 6) is -0.567. The maximum atomic E-state index is 13.1. The van der Waals surface area contributed by atoms with Gasteiger partial charge in [0.1, 0.15) is 18.1 Å². The molecule has 0 aliphatic rings. The van der Waals surface area contributed by atoms with E-state index in [1.54, 1.807) is 19.2 Å². The van der Waals surface area contributed by atoms with Gasteiger partial charge in [-0.3, -0.25) is 0 Å². The summed E-state index contributed by atoms with van der Waals surface area (Å²) in [7, 11) is 1.55. The lowest BCUT2D eigenvalue weighted by Gasteiger charge is -2.10. The minimum atomic E-state index is -0.889. The molecule has 0 aliphatic heterocycles. The van der Waals surface area contributed by atoms with Crippen LogP contribution in [-0.2, 0) is 13.2 Å². The van der Waals surface area contributed by atoms with Gasteiger partial charge < -0.3 is 15.2 Å². The zero-order valence-corrected chi connectivity index (χ0v) is 11.0. The van der Waals surface area contributed by atoms with E-state index in [4.69, 9.17) is 15.2 Å². The fourth-order valence-corrected chi connectivity index (χ4v) is 1.75. The first-order valence-electron chi connectivity index (χ1n) is 6.07. The van der Waals surface area contributed by atoms with E-state index >= 15 is 0 Å². The monoisotopic (exact) mass is 279 g/mol. The van der Waals surface area contributed by atoms with Gasteiger partial charge in [0.15, 0.2) is 11.6 Å². The molecule has 5 heteroatoms. The lowest BCUT2D eigenvalue weighted by atomic mass is 10.2. The van der Waals surface area contributed by atoms with Crippen LogP contribution in [-0.4, -0.2) is 7.11 Å². The van der Waals surface area contributed by atoms with E-state index in [1.165, 1.54) is 6.07 Å². The Hall–Kier alpha value is -2.14. The van der Waals surface area contributed by atoms with Gasteiger partial charge in [0.05, 0.1) is 7.11 Å². The lowest BCUT2D eigenvalue weighted by molar-refractivity contribution is 0.302. The maximum Gasteiger partial charge on any atom is 0.159 e. The van der Waals surface area contributed by atoms with Gasteiger partial charge in [0, 0.05) is 12.6 Å². The van der Waals surface area contributed by atoms with Gasteiger partial charge in [0.2, 0.25) is 0 Å². The van der Waals surface area contributed by atoms with Gasteiger partial charge in [0.25, 0.3) is 0 Å². The van der Waals surface area contributed by atoms with E-state index in [2.05, 4.69) is 0 Å². The van der Waals surface area contributed by atoms with Crippen molar-refractivity contribution in [2.75, 3.05) is 7.11 Å². The summed E-state index contributed by atoms with van der Waals surface area (Å²) in [4.78, 5) is 0. The zero-order chi connectivity index (χ0) is 14.5. The van der Waals surface area contributed by atoms with Crippen molar-refractivity contribution in [3.8, 4) is 11.5 Å². The summed E-state index contributed by atoms with van der Waals surface area (Å²) in [5.41, 5.74) is 6.99. The van der Waals surface area contributed by atoms with Crippen LogP contribution < -0.4 is 15.2 Å². The molecule has 2 aromatic carbocycles. The quantitative estimate of drug-likeness (QED) is 0.915. The third-order valence-electron chi connectivity index (χ3n) is 2.80. The molecule has 0 saturated carbocycles. The smallest absolute Gasteiger partial charge is 0.159 e. The summed E-state index contributed by atoms with van der Waals surface area (Å²) in [6.07, 6.45) is 0. The molecule has 0 radical (unpaired) electrons. The van der Waals surface area contributed by atoms with Crippen molar-refractivity contribution in [2.24, 2.45) is 5.73 Å². The van der Waals surface area contributed by atoms with Crippen LogP contribution in [0, 0.1) is 11.6 Å². The third kappa shape index (κ3) is 3.45. The number of hydrogen-bond acceptors (Lipinski definition) is 3. The molecule has 20 heavy (non-hydrogen) atoms. The highest BCUT2D eigenvalue weighted by Gasteiger charge is 2.05. The second-order valence-electron chi connectivity index (χ2n) is 4.26. The summed E-state index contributed by atoms with van der Waals surface area (Å²) in [6.45, 7) is 0.493. The van der Waals surface area contributed by atoms with Crippen LogP contribution in [0.5, 0.6) is 11.5 Å². The summed E-state index contributed by atoms with van der Waals surface area (Å²) in [6, 6.07) is 8.96. The number of rotatable bonds is 5. The molecule has 2 N–H and O–H groups in total. The van der Waals surface area contributed by atoms with Gasteiger partial charge in [-0.2, -0.15) is 0 Å². The van der Waals surface area contributed by atoms with Crippen molar-refractivity contribution in [1.29, 1.82) is 0 Å². The predicted molar refractivity (Wildman–Crippen MR) is 71.6 cm³/mol. The van der Waals surface area contributed by atoms with Gasteiger partial charge in [-0.25, -0.2) is 8.78 Å². The Kier molecular flexibility index (Phi) is 4.53. The second-order valence-corrected chi connectivity index (χ2v) is 4.26. The Bertz CT molecular complexity index is 580. The zero-order valence-electron chi connectivity index (χ0n) is 11.0. The minimum absolute atomic E-state index is 0.133. The molecule has 0 amide bonds. The molecule has 3 nitrogen and oxygen atoms in total. The Morgan fingerprint density at radius 2 is 1.70 bits per heavy atom. The van der Waals surface area contributed by atoms with Crippen LogP contribution in [0.3, 0.4) is 0 Å². The molecule has 0 heterocycles. The largest absolute Gasteiger partial charge is 0.497 e. The molecule has 0 fully saturated rings. The Balaban J connectivity index is 2.11. The third-order valence-corrected chi connectivity index (χ3v) is 2.80. The molecule has 106 valence electrons. The highest BCUT2D eigenvalue weighted by molar-refractivity contribution is 5.38. The molecule has 0 aliphatic carbocycles. The Morgan fingerprint density at radius 3 is 2.35 bits per heavy atom. The Labute approximate surface area is 115 Å². The SMILES string of the molecule is COc1cc(CN)cc(OCc2ccc(F)c(F)c2)c1. The average Bonchev–Trinajstić information content (AvgIpc) is 2.48. The first-order valence-corrected chi connectivity index (χ1v) is 6.07. The van der Waals surface area contributed by atoms with E-state index in [0.29, 0.717) is 23.6 Å². The number of halogens is 2. The van der Waals surface area contributed by atoms with Crippen molar-refractivity contribution in [3.05, 3.63) is 59.2 Å². The molecule has 0 atom stereocenters. The van der Waals surface area contributed by atoms with Crippen LogP contribution >= 0.6 is 0 Å².